The van der Waals surface area contributed by atoms with Crippen molar-refractivity contribution in [2.45, 2.75) is 20.4 Å². The van der Waals surface area contributed by atoms with Crippen molar-refractivity contribution in [1.29, 1.82) is 0 Å². The van der Waals surface area contributed by atoms with Crippen LogP contribution in [0.2, 0.25) is 0 Å². The van der Waals surface area contributed by atoms with Crippen LogP contribution in [0, 0.1) is 24.0 Å². The van der Waals surface area contributed by atoms with Crippen LogP contribution in [0.15, 0.2) is 47.6 Å². The van der Waals surface area contributed by atoms with Gasteiger partial charge in [0.05, 0.1) is 36.6 Å². The van der Waals surface area contributed by atoms with E-state index in [2.05, 4.69) is 15.6 Å². The highest BCUT2D eigenvalue weighted by molar-refractivity contribution is 5.95. The number of carbonyl (C=O) groups excluding carboxylic acids is 1. The van der Waals surface area contributed by atoms with Crippen LogP contribution in [0.25, 0.3) is 0 Å². The molecule has 2 aromatic carbocycles. The van der Waals surface area contributed by atoms with Gasteiger partial charge in [0.15, 0.2) is 11.5 Å². The zero-order valence-electron chi connectivity index (χ0n) is 17.2. The third-order valence-corrected chi connectivity index (χ3v) is 4.54. The number of phenolic OH excluding ortho intramolecular Hbond substituents is 1. The maximum absolute atomic E-state index is 12.3. The minimum Gasteiger partial charge on any atom is -0.504 e. The fraction of sp³-hybridized carbons (Fsp3) is 0.190. The highest BCUT2D eigenvalue weighted by atomic mass is 16.6. The summed E-state index contributed by atoms with van der Waals surface area (Å²) in [5.74, 6) is -0.856. The van der Waals surface area contributed by atoms with E-state index in [-0.39, 0.29) is 22.7 Å². The zero-order valence-corrected chi connectivity index (χ0v) is 17.2. The predicted molar refractivity (Wildman–Crippen MR) is 114 cm³/mol. The van der Waals surface area contributed by atoms with E-state index in [9.17, 15) is 20.0 Å². The number of aryl methyl sites for hydroxylation is 2. The lowest BCUT2D eigenvalue weighted by Crippen LogP contribution is -2.17. The average Bonchev–Trinajstić information content (AvgIpc) is 3.06. The van der Waals surface area contributed by atoms with Crippen LogP contribution >= 0.6 is 0 Å². The Hall–Kier alpha value is -4.21. The average molecular weight is 423 g/mol. The predicted octanol–water partition coefficient (Wildman–Crippen LogP) is 2.93. The molecule has 31 heavy (non-hydrogen) atoms. The normalized spacial score (nSPS) is 10.9. The quantitative estimate of drug-likeness (QED) is 0.341. The molecular formula is C21H21N5O5. The summed E-state index contributed by atoms with van der Waals surface area (Å²) >= 11 is 0. The van der Waals surface area contributed by atoms with E-state index >= 15 is 0 Å². The van der Waals surface area contributed by atoms with Crippen molar-refractivity contribution >= 4 is 17.8 Å². The van der Waals surface area contributed by atoms with Crippen LogP contribution in [0.5, 0.6) is 11.5 Å². The summed E-state index contributed by atoms with van der Waals surface area (Å²) in [5, 5.41) is 29.3. The summed E-state index contributed by atoms with van der Waals surface area (Å²) in [6.45, 7) is 4.50. The van der Waals surface area contributed by atoms with Crippen LogP contribution in [-0.4, -0.2) is 39.0 Å². The Kier molecular flexibility index (Phi) is 6.29. The minimum absolute atomic E-state index is 0.0339. The summed E-state index contributed by atoms with van der Waals surface area (Å²) in [7, 11) is 1.28. The molecule has 1 aromatic heterocycles. The first-order chi connectivity index (χ1) is 14.8. The van der Waals surface area contributed by atoms with Crippen molar-refractivity contribution in [2.75, 3.05) is 7.11 Å². The van der Waals surface area contributed by atoms with Crippen LogP contribution in [0.4, 0.5) is 5.69 Å². The van der Waals surface area contributed by atoms with Crippen molar-refractivity contribution in [3.8, 4) is 11.5 Å². The molecule has 0 aliphatic heterocycles. The van der Waals surface area contributed by atoms with E-state index < -0.39 is 10.8 Å². The van der Waals surface area contributed by atoms with Crippen molar-refractivity contribution < 1.29 is 19.6 Å². The Labute approximate surface area is 177 Å². The van der Waals surface area contributed by atoms with Crippen molar-refractivity contribution in [1.82, 2.24) is 15.2 Å². The van der Waals surface area contributed by atoms with Crippen molar-refractivity contribution in [3.63, 3.8) is 0 Å². The van der Waals surface area contributed by atoms with E-state index in [1.54, 1.807) is 12.1 Å². The minimum atomic E-state index is -0.620. The molecule has 0 atom stereocenters. The number of ether oxygens (including phenoxy) is 1. The molecule has 1 amide bonds. The van der Waals surface area contributed by atoms with Gasteiger partial charge in [0, 0.05) is 22.9 Å². The molecule has 0 fully saturated rings. The Morgan fingerprint density at radius 1 is 1.29 bits per heavy atom. The first kappa shape index (κ1) is 21.5. The molecule has 2 N–H and O–H groups in total. The number of aromatic hydroxyl groups is 1. The Morgan fingerprint density at radius 2 is 2.00 bits per heavy atom. The summed E-state index contributed by atoms with van der Waals surface area (Å²) in [5.41, 5.74) is 5.45. The van der Waals surface area contributed by atoms with Crippen LogP contribution in [-0.2, 0) is 6.54 Å². The number of hydrazone groups is 1. The number of nitrogens with one attached hydrogen (secondary N) is 1. The lowest BCUT2D eigenvalue weighted by molar-refractivity contribution is -0.385. The number of hydrogen-bond acceptors (Lipinski definition) is 7. The topological polar surface area (TPSA) is 132 Å². The molecule has 0 unspecified atom stereocenters. The number of aromatic nitrogens is 2. The number of nitro benzene ring substituents is 1. The molecule has 3 rings (SSSR count). The van der Waals surface area contributed by atoms with Crippen molar-refractivity contribution in [2.24, 2.45) is 5.10 Å². The van der Waals surface area contributed by atoms with Gasteiger partial charge in [-0.2, -0.15) is 10.2 Å². The molecule has 10 heteroatoms. The third kappa shape index (κ3) is 5.04. The molecule has 1 heterocycles. The molecule has 3 aromatic rings. The molecule has 0 radical (unpaired) electrons. The fourth-order valence-corrected chi connectivity index (χ4v) is 2.97. The number of hydrogen-bond donors (Lipinski definition) is 2. The number of methoxy groups -OCH3 is 1. The lowest BCUT2D eigenvalue weighted by atomic mass is 10.1. The highest BCUT2D eigenvalue weighted by Crippen LogP contribution is 2.33. The maximum Gasteiger partial charge on any atom is 0.274 e. The molecule has 0 spiro atoms. The maximum atomic E-state index is 12.3. The Balaban J connectivity index is 1.68. The number of amides is 1. The molecule has 160 valence electrons. The van der Waals surface area contributed by atoms with Crippen molar-refractivity contribution in [3.05, 3.63) is 80.7 Å². The number of non-ortho nitro benzene ring substituents is 1. The summed E-state index contributed by atoms with van der Waals surface area (Å²) in [4.78, 5) is 22.7. The van der Waals surface area contributed by atoms with E-state index in [0.717, 1.165) is 35.3 Å². The highest BCUT2D eigenvalue weighted by Gasteiger charge is 2.16. The fourth-order valence-electron chi connectivity index (χ4n) is 2.97. The van der Waals surface area contributed by atoms with Crippen LogP contribution in [0.3, 0.4) is 0 Å². The number of carbonyl (C=O) groups is 1. The van der Waals surface area contributed by atoms with Gasteiger partial charge >= 0.3 is 0 Å². The largest absolute Gasteiger partial charge is 0.504 e. The van der Waals surface area contributed by atoms with Crippen LogP contribution < -0.4 is 10.2 Å². The SMILES string of the molecule is COc1cc([N+](=O)[O-])cc(C=NNC(=O)c2ccc(Cn3nc(C)cc3C)cc2)c1O. The van der Waals surface area contributed by atoms with Gasteiger partial charge in [-0.3, -0.25) is 19.6 Å². The number of nitro groups is 1. The summed E-state index contributed by atoms with van der Waals surface area (Å²) in [6, 6.07) is 11.2. The standard InChI is InChI=1S/C21H21N5O5/c1-13-8-14(2)25(24-13)12-15-4-6-16(7-5-15)21(28)23-22-11-17-9-18(26(29)30)10-19(31-3)20(17)27/h4-11,27H,12H2,1-3H3,(H,23,28). The second-order valence-corrected chi connectivity index (χ2v) is 6.82. The molecule has 0 aliphatic rings. The Bertz CT molecular complexity index is 1150. The number of phenols is 1. The lowest BCUT2D eigenvalue weighted by Gasteiger charge is -2.07. The molecule has 0 saturated carbocycles. The molecule has 10 nitrogen and oxygen atoms in total. The van der Waals surface area contributed by atoms with Crippen LogP contribution in [0.1, 0.15) is 32.9 Å². The van der Waals surface area contributed by atoms with Gasteiger partial charge in [-0.05, 0) is 37.6 Å². The first-order valence-corrected chi connectivity index (χ1v) is 9.27. The van der Waals surface area contributed by atoms with Gasteiger partial charge in [0.25, 0.3) is 11.6 Å². The van der Waals surface area contributed by atoms with Gasteiger partial charge < -0.3 is 9.84 Å². The summed E-state index contributed by atoms with van der Waals surface area (Å²) < 4.78 is 6.81. The number of rotatable bonds is 7. The van der Waals surface area contributed by atoms with E-state index in [1.807, 2.05) is 36.7 Å². The van der Waals surface area contributed by atoms with Gasteiger partial charge in [-0.15, -0.1) is 0 Å². The molecule has 0 aliphatic carbocycles. The van der Waals surface area contributed by atoms with E-state index in [4.69, 9.17) is 4.74 Å². The number of nitrogens with zero attached hydrogens (tertiary/aromatic N) is 4. The monoisotopic (exact) mass is 423 g/mol. The van der Waals surface area contributed by atoms with E-state index in [1.165, 1.54) is 7.11 Å². The second-order valence-electron chi connectivity index (χ2n) is 6.82. The van der Waals surface area contributed by atoms with Gasteiger partial charge in [-0.1, -0.05) is 12.1 Å². The molecule has 0 bridgehead atoms. The number of benzene rings is 2. The zero-order chi connectivity index (χ0) is 22.5. The van der Waals surface area contributed by atoms with Gasteiger partial charge in [0.2, 0.25) is 0 Å². The van der Waals surface area contributed by atoms with E-state index in [0.29, 0.717) is 12.1 Å². The van der Waals surface area contributed by atoms with Gasteiger partial charge in [0.1, 0.15) is 0 Å². The molecular weight excluding hydrogens is 402 g/mol. The smallest absolute Gasteiger partial charge is 0.274 e. The first-order valence-electron chi connectivity index (χ1n) is 9.27. The Morgan fingerprint density at radius 3 is 2.58 bits per heavy atom. The summed E-state index contributed by atoms with van der Waals surface area (Å²) in [6.07, 6.45) is 1.11. The molecule has 0 saturated heterocycles. The third-order valence-electron chi connectivity index (χ3n) is 4.54. The second kappa shape index (κ2) is 9.08. The van der Waals surface area contributed by atoms with Gasteiger partial charge in [-0.25, -0.2) is 5.43 Å².